The number of rotatable bonds is 6. The van der Waals surface area contributed by atoms with Gasteiger partial charge in [0.25, 0.3) is 5.91 Å². The quantitative estimate of drug-likeness (QED) is 0.635. The second-order valence-electron chi connectivity index (χ2n) is 3.99. The molecule has 1 amide bonds. The summed E-state index contributed by atoms with van der Waals surface area (Å²) < 4.78 is 0.827. The summed E-state index contributed by atoms with van der Waals surface area (Å²) in [5.74, 6) is 0.0334. The molecule has 5 heteroatoms. The summed E-state index contributed by atoms with van der Waals surface area (Å²) in [6, 6.07) is 5.29. The maximum absolute atomic E-state index is 12.4. The molecule has 0 aliphatic heterocycles. The average molecular weight is 398 g/mol. The summed E-state index contributed by atoms with van der Waals surface area (Å²) in [7, 11) is 0. The van der Waals surface area contributed by atoms with E-state index in [0.717, 1.165) is 29.2 Å². The summed E-state index contributed by atoms with van der Waals surface area (Å²) in [6.07, 6.45) is 2.09. The summed E-state index contributed by atoms with van der Waals surface area (Å²) in [6.45, 7) is 3.61. The number of carbonyl (C=O) groups excluding carboxylic acids is 1. The Labute approximate surface area is 130 Å². The fourth-order valence-electron chi connectivity index (χ4n) is 1.63. The van der Waals surface area contributed by atoms with Crippen molar-refractivity contribution < 1.29 is 4.79 Å². The van der Waals surface area contributed by atoms with Crippen LogP contribution in [0, 0.1) is 0 Å². The molecule has 0 saturated carbocycles. The van der Waals surface area contributed by atoms with E-state index in [9.17, 15) is 4.79 Å². The fourth-order valence-corrected chi connectivity index (χ4v) is 2.91. The highest BCUT2D eigenvalue weighted by Crippen LogP contribution is 2.21. The molecular formula is C13H16Br2ClNO. The second kappa shape index (κ2) is 8.18. The second-order valence-corrected chi connectivity index (χ2v) is 6.14. The summed E-state index contributed by atoms with van der Waals surface area (Å²) in [5.41, 5.74) is 0.631. The van der Waals surface area contributed by atoms with Crippen molar-refractivity contribution in [2.75, 3.05) is 18.4 Å². The Balaban J connectivity index is 2.86. The van der Waals surface area contributed by atoms with Crippen LogP contribution in [-0.4, -0.2) is 29.2 Å². The molecule has 18 heavy (non-hydrogen) atoms. The number of carbonyl (C=O) groups is 1. The molecule has 100 valence electrons. The van der Waals surface area contributed by atoms with Gasteiger partial charge in [0.05, 0.1) is 0 Å². The first-order chi connectivity index (χ1) is 8.58. The van der Waals surface area contributed by atoms with Crippen LogP contribution in [0.1, 0.15) is 30.1 Å². The van der Waals surface area contributed by atoms with Crippen LogP contribution in [-0.2, 0) is 0 Å². The summed E-state index contributed by atoms with van der Waals surface area (Å²) in [5, 5.41) is 1.35. The zero-order valence-corrected chi connectivity index (χ0v) is 14.2. The van der Waals surface area contributed by atoms with Gasteiger partial charge in [0, 0.05) is 33.5 Å². The maximum atomic E-state index is 12.4. The molecule has 0 saturated heterocycles. The molecule has 0 radical (unpaired) electrons. The number of halogens is 3. The maximum Gasteiger partial charge on any atom is 0.253 e. The van der Waals surface area contributed by atoms with Gasteiger partial charge in [-0.1, -0.05) is 56.8 Å². The third kappa shape index (κ3) is 4.90. The van der Waals surface area contributed by atoms with Gasteiger partial charge >= 0.3 is 0 Å². The van der Waals surface area contributed by atoms with E-state index in [4.69, 9.17) is 11.6 Å². The molecule has 0 bridgehead atoms. The molecule has 0 aliphatic carbocycles. The van der Waals surface area contributed by atoms with Gasteiger partial charge in [0.1, 0.15) is 0 Å². The minimum atomic E-state index is 0.0334. The van der Waals surface area contributed by atoms with E-state index >= 15 is 0 Å². The Morgan fingerprint density at radius 1 is 1.33 bits per heavy atom. The number of hydrogen-bond donors (Lipinski definition) is 0. The number of nitrogens with zero attached hydrogens (tertiary/aromatic N) is 1. The van der Waals surface area contributed by atoms with Crippen molar-refractivity contribution in [2.45, 2.75) is 19.8 Å². The van der Waals surface area contributed by atoms with Crippen molar-refractivity contribution in [3.8, 4) is 0 Å². The van der Waals surface area contributed by atoms with Gasteiger partial charge in [-0.3, -0.25) is 4.79 Å². The van der Waals surface area contributed by atoms with Gasteiger partial charge in [0.15, 0.2) is 0 Å². The molecule has 0 heterocycles. The lowest BCUT2D eigenvalue weighted by Gasteiger charge is -2.21. The number of hydrogen-bond acceptors (Lipinski definition) is 1. The highest BCUT2D eigenvalue weighted by Gasteiger charge is 2.15. The van der Waals surface area contributed by atoms with Crippen molar-refractivity contribution in [1.82, 2.24) is 4.90 Å². The summed E-state index contributed by atoms with van der Waals surface area (Å²) >= 11 is 12.7. The fraction of sp³-hybridized carbons (Fsp3) is 0.462. The number of amides is 1. The van der Waals surface area contributed by atoms with Crippen LogP contribution < -0.4 is 0 Å². The van der Waals surface area contributed by atoms with Crippen LogP contribution in [0.25, 0.3) is 0 Å². The monoisotopic (exact) mass is 395 g/mol. The summed E-state index contributed by atoms with van der Waals surface area (Å²) in [4.78, 5) is 14.2. The Morgan fingerprint density at radius 3 is 2.61 bits per heavy atom. The molecule has 0 aliphatic rings. The molecule has 2 nitrogen and oxygen atoms in total. The SMILES string of the molecule is CCCCN(CCBr)C(=O)c1cc(Cl)cc(Br)c1. The van der Waals surface area contributed by atoms with Gasteiger partial charge in [0.2, 0.25) is 0 Å². The molecule has 0 N–H and O–H groups in total. The minimum absolute atomic E-state index is 0.0334. The molecular weight excluding hydrogens is 381 g/mol. The zero-order valence-electron chi connectivity index (χ0n) is 10.3. The predicted molar refractivity (Wildman–Crippen MR) is 83.8 cm³/mol. The van der Waals surface area contributed by atoms with Gasteiger partial charge in [-0.25, -0.2) is 0 Å². The number of unbranched alkanes of at least 4 members (excludes halogenated alkanes) is 1. The van der Waals surface area contributed by atoms with Gasteiger partial charge in [-0.05, 0) is 24.6 Å². The van der Waals surface area contributed by atoms with Crippen LogP contribution in [0.5, 0.6) is 0 Å². The molecule has 0 aromatic heterocycles. The first kappa shape index (κ1) is 16.0. The van der Waals surface area contributed by atoms with Gasteiger partial charge < -0.3 is 4.90 Å². The van der Waals surface area contributed by atoms with Gasteiger partial charge in [-0.15, -0.1) is 0 Å². The van der Waals surface area contributed by atoms with E-state index in [2.05, 4.69) is 38.8 Å². The van der Waals surface area contributed by atoms with Crippen molar-refractivity contribution in [2.24, 2.45) is 0 Å². The van der Waals surface area contributed by atoms with E-state index in [1.165, 1.54) is 0 Å². The Morgan fingerprint density at radius 2 is 2.06 bits per heavy atom. The smallest absolute Gasteiger partial charge is 0.253 e. The van der Waals surface area contributed by atoms with Crippen molar-refractivity contribution in [1.29, 1.82) is 0 Å². The van der Waals surface area contributed by atoms with E-state index < -0.39 is 0 Å². The number of benzene rings is 1. The molecule has 1 aromatic rings. The van der Waals surface area contributed by atoms with Gasteiger partial charge in [-0.2, -0.15) is 0 Å². The predicted octanol–water partition coefficient (Wildman–Crippen LogP) is 4.74. The largest absolute Gasteiger partial charge is 0.338 e. The van der Waals surface area contributed by atoms with Crippen LogP contribution in [0.15, 0.2) is 22.7 Å². The van der Waals surface area contributed by atoms with E-state index in [-0.39, 0.29) is 5.91 Å². The van der Waals surface area contributed by atoms with Crippen molar-refractivity contribution in [3.63, 3.8) is 0 Å². The molecule has 0 atom stereocenters. The standard InChI is InChI=1S/C13H16Br2ClNO/c1-2-3-5-17(6-4-14)13(18)10-7-11(15)9-12(16)8-10/h7-9H,2-6H2,1H3. The Kier molecular flexibility index (Phi) is 7.27. The van der Waals surface area contributed by atoms with E-state index in [0.29, 0.717) is 17.1 Å². The van der Waals surface area contributed by atoms with Crippen LogP contribution in [0.3, 0.4) is 0 Å². The van der Waals surface area contributed by atoms with Crippen LogP contribution >= 0.6 is 43.5 Å². The highest BCUT2D eigenvalue weighted by atomic mass is 79.9. The van der Waals surface area contributed by atoms with E-state index in [1.807, 2.05) is 4.90 Å². The molecule has 0 fully saturated rings. The highest BCUT2D eigenvalue weighted by molar-refractivity contribution is 9.10. The normalized spacial score (nSPS) is 10.4. The lowest BCUT2D eigenvalue weighted by atomic mass is 10.2. The first-order valence-corrected chi connectivity index (χ1v) is 8.19. The topological polar surface area (TPSA) is 20.3 Å². The first-order valence-electron chi connectivity index (χ1n) is 5.89. The Bertz CT molecular complexity index is 392. The Hall–Kier alpha value is -0.0600. The third-order valence-corrected chi connectivity index (χ3v) is 3.56. The zero-order chi connectivity index (χ0) is 13.5. The minimum Gasteiger partial charge on any atom is -0.338 e. The van der Waals surface area contributed by atoms with Crippen LogP contribution in [0.2, 0.25) is 5.02 Å². The third-order valence-electron chi connectivity index (χ3n) is 2.53. The molecule has 0 unspecified atom stereocenters. The lowest BCUT2D eigenvalue weighted by molar-refractivity contribution is 0.0764. The van der Waals surface area contributed by atoms with Crippen molar-refractivity contribution >= 4 is 49.4 Å². The molecule has 1 rings (SSSR count). The molecule has 1 aromatic carbocycles. The molecule has 0 spiro atoms. The lowest BCUT2D eigenvalue weighted by Crippen LogP contribution is -2.33. The van der Waals surface area contributed by atoms with Crippen LogP contribution in [0.4, 0.5) is 0 Å². The van der Waals surface area contributed by atoms with E-state index in [1.54, 1.807) is 18.2 Å². The average Bonchev–Trinajstić information content (AvgIpc) is 2.32. The van der Waals surface area contributed by atoms with Crippen molar-refractivity contribution in [3.05, 3.63) is 33.3 Å². The number of alkyl halides is 1.